The van der Waals surface area contributed by atoms with E-state index >= 15 is 0 Å². The molecule has 0 bridgehead atoms. The van der Waals surface area contributed by atoms with Crippen LogP contribution in [-0.4, -0.2) is 149 Å². The van der Waals surface area contributed by atoms with Crippen LogP contribution in [0.4, 0.5) is 0 Å². The first kappa shape index (κ1) is 71.5. The van der Waals surface area contributed by atoms with Crippen molar-refractivity contribution in [3.8, 4) is 0 Å². The number of amides is 10. The van der Waals surface area contributed by atoms with Crippen molar-refractivity contribution in [3.05, 3.63) is 35.9 Å². The van der Waals surface area contributed by atoms with E-state index in [2.05, 4.69) is 47.9 Å². The van der Waals surface area contributed by atoms with E-state index in [1.807, 2.05) is 78.8 Å². The molecular formula is C59H99N11O12. The van der Waals surface area contributed by atoms with Crippen molar-refractivity contribution in [2.24, 2.45) is 47.2 Å². The molecule has 0 aromatic heterocycles. The number of nitrogens with one attached hydrogen (secondary N) is 9. The summed E-state index contributed by atoms with van der Waals surface area (Å²) in [6, 6.07) is -1.75. The molecule has 1 aromatic rings. The van der Waals surface area contributed by atoms with Crippen molar-refractivity contribution in [2.45, 2.75) is 216 Å². The summed E-state index contributed by atoms with van der Waals surface area (Å²) in [5.74, 6) is -10.0. The molecule has 2 rings (SSSR count). The molecule has 0 unspecified atom stereocenters. The molecule has 23 heteroatoms. The van der Waals surface area contributed by atoms with Gasteiger partial charge in [-0.05, 0) is 86.0 Å². The summed E-state index contributed by atoms with van der Waals surface area (Å²) in [5, 5.41) is 33.9. The number of carboxylic acid groups (broad SMARTS) is 1. The van der Waals surface area contributed by atoms with Gasteiger partial charge in [0.2, 0.25) is 59.1 Å². The van der Waals surface area contributed by atoms with E-state index < -0.39 is 156 Å². The SMILES string of the molecule is CC[C@H](C)[C@H](NC(=O)CNC(=O)[C@H](CC(C)C)NC(=O)[C@@H](NC(=O)[C@@H](NC(=O)[C@H](CC(C)C)NC(=O)[C@H](C)NC(=O)[C@@H]1CCCN1C(=O)[C@@H](NC(=O)[C@@H](N)Cc1ccccc1)[C@@H](C)CC)C(C)C)[C@@H](C)CC)C(=O)N[C@H](C(=O)O)C(C)C. The molecule has 1 saturated heterocycles. The lowest BCUT2D eigenvalue weighted by Gasteiger charge is -2.32. The van der Waals surface area contributed by atoms with Crippen molar-refractivity contribution in [1.29, 1.82) is 0 Å². The van der Waals surface area contributed by atoms with Crippen LogP contribution in [0.5, 0.6) is 0 Å². The highest BCUT2D eigenvalue weighted by Crippen LogP contribution is 2.23. The highest BCUT2D eigenvalue weighted by Gasteiger charge is 2.41. The zero-order valence-electron chi connectivity index (χ0n) is 51.2. The first-order chi connectivity index (χ1) is 38.4. The van der Waals surface area contributed by atoms with Gasteiger partial charge in [0.05, 0.1) is 12.6 Å². The highest BCUT2D eigenvalue weighted by molar-refractivity contribution is 5.99. The number of carbonyl (C=O) groups is 11. The van der Waals surface area contributed by atoms with Crippen molar-refractivity contribution in [3.63, 3.8) is 0 Å². The second kappa shape index (κ2) is 34.7. The number of rotatable bonds is 34. The van der Waals surface area contributed by atoms with Gasteiger partial charge in [-0.1, -0.05) is 147 Å². The van der Waals surface area contributed by atoms with E-state index in [-0.39, 0.29) is 43.6 Å². The fourth-order valence-electron chi connectivity index (χ4n) is 9.43. The molecule has 1 aliphatic heterocycles. The van der Waals surface area contributed by atoms with Gasteiger partial charge in [0.1, 0.15) is 54.4 Å². The predicted octanol–water partition coefficient (Wildman–Crippen LogP) is 2.19. The quantitative estimate of drug-likeness (QED) is 0.0472. The Labute approximate surface area is 485 Å². The molecule has 1 fully saturated rings. The van der Waals surface area contributed by atoms with Gasteiger partial charge in [0.15, 0.2) is 0 Å². The lowest BCUT2D eigenvalue weighted by atomic mass is 9.95. The fraction of sp³-hybridized carbons (Fsp3) is 0.712. The molecule has 462 valence electrons. The third-order valence-electron chi connectivity index (χ3n) is 15.2. The number of carbonyl (C=O) groups excluding carboxylic acids is 10. The Morgan fingerprint density at radius 1 is 0.537 bits per heavy atom. The van der Waals surface area contributed by atoms with E-state index in [9.17, 15) is 57.8 Å². The van der Waals surface area contributed by atoms with E-state index in [0.29, 0.717) is 32.1 Å². The minimum absolute atomic E-state index is 0.124. The molecular weight excluding hydrogens is 1050 g/mol. The van der Waals surface area contributed by atoms with Crippen LogP contribution in [0.1, 0.15) is 154 Å². The molecule has 23 nitrogen and oxygen atoms in total. The topological polar surface area (TPSA) is 346 Å². The number of hydrogen-bond donors (Lipinski definition) is 11. The predicted molar refractivity (Wildman–Crippen MR) is 312 cm³/mol. The third-order valence-corrected chi connectivity index (χ3v) is 15.2. The highest BCUT2D eigenvalue weighted by atomic mass is 16.4. The van der Waals surface area contributed by atoms with Gasteiger partial charge in [-0.15, -0.1) is 0 Å². The second-order valence-electron chi connectivity index (χ2n) is 23.8. The summed E-state index contributed by atoms with van der Waals surface area (Å²) in [5.41, 5.74) is 7.14. The minimum atomic E-state index is -1.22. The van der Waals surface area contributed by atoms with Crippen LogP contribution in [-0.2, 0) is 59.2 Å². The fourth-order valence-corrected chi connectivity index (χ4v) is 9.43. The molecule has 0 aliphatic carbocycles. The molecule has 12 N–H and O–H groups in total. The Hall–Kier alpha value is -6.65. The maximum absolute atomic E-state index is 14.2. The average Bonchev–Trinajstić information content (AvgIpc) is 4.05. The maximum atomic E-state index is 14.2. The number of aliphatic carboxylic acids is 1. The van der Waals surface area contributed by atoms with Crippen LogP contribution >= 0.6 is 0 Å². The van der Waals surface area contributed by atoms with Crippen LogP contribution in [0.15, 0.2) is 30.3 Å². The zero-order valence-corrected chi connectivity index (χ0v) is 51.2. The summed E-state index contributed by atoms with van der Waals surface area (Å²) < 4.78 is 0. The van der Waals surface area contributed by atoms with Gasteiger partial charge in [0, 0.05) is 6.54 Å². The van der Waals surface area contributed by atoms with Crippen LogP contribution in [0.2, 0.25) is 0 Å². The summed E-state index contributed by atoms with van der Waals surface area (Å²) >= 11 is 0. The standard InChI is InChI=1S/C59H99N11O12/c1-16-35(12)47(57(79)67-46(34(10)11)59(81)82)65-44(71)30-61-52(74)41(27-31(4)5)64-56(78)48(36(13)17-2)68-55(77)45(33(8)9)66-53(75)42(28-32(6)7)63-50(72)38(15)62-54(76)43-25-22-26-70(43)58(80)49(37(14)18-3)69-51(73)40(60)29-39-23-20-19-21-24-39/h19-21,23-24,31-38,40-43,45-49H,16-18,22,25-30,60H2,1-15H3,(H,61,74)(H,62,76)(H,63,72)(H,64,78)(H,65,71)(H,66,75)(H,67,79)(H,68,77)(H,69,73)(H,81,82)/t35-,36-,37-,38-,40-,41-,42-,43-,45-,46-,47-,48-,49-/m0/s1. The van der Waals surface area contributed by atoms with Gasteiger partial charge < -0.3 is 63.6 Å². The van der Waals surface area contributed by atoms with Crippen molar-refractivity contribution in [1.82, 2.24) is 52.8 Å². The van der Waals surface area contributed by atoms with E-state index in [4.69, 9.17) is 5.73 Å². The zero-order chi connectivity index (χ0) is 62.3. The number of likely N-dealkylation sites (tertiary alicyclic amines) is 1. The molecule has 1 aliphatic rings. The number of nitrogens with zero attached hydrogens (tertiary/aromatic N) is 1. The van der Waals surface area contributed by atoms with Gasteiger partial charge in [0.25, 0.3) is 0 Å². The maximum Gasteiger partial charge on any atom is 0.326 e. The summed E-state index contributed by atoms with van der Waals surface area (Å²) in [6.45, 7) is 26.0. The Morgan fingerprint density at radius 2 is 0.988 bits per heavy atom. The Balaban J connectivity index is 2.21. The number of hydrogen-bond acceptors (Lipinski definition) is 12. The van der Waals surface area contributed by atoms with E-state index in [1.54, 1.807) is 48.5 Å². The molecule has 13 atom stereocenters. The smallest absolute Gasteiger partial charge is 0.326 e. The van der Waals surface area contributed by atoms with Crippen molar-refractivity contribution in [2.75, 3.05) is 13.1 Å². The molecule has 82 heavy (non-hydrogen) atoms. The summed E-state index contributed by atoms with van der Waals surface area (Å²) in [6.07, 6.45) is 2.80. The van der Waals surface area contributed by atoms with Crippen LogP contribution < -0.4 is 53.6 Å². The number of nitrogens with two attached hydrogens (primary N) is 1. The lowest BCUT2D eigenvalue weighted by molar-refractivity contribution is -0.143. The molecule has 10 amide bonds. The molecule has 1 heterocycles. The van der Waals surface area contributed by atoms with Crippen molar-refractivity contribution < 1.29 is 57.8 Å². The van der Waals surface area contributed by atoms with E-state index in [1.165, 1.54) is 11.8 Å². The summed E-state index contributed by atoms with van der Waals surface area (Å²) in [7, 11) is 0. The van der Waals surface area contributed by atoms with Crippen LogP contribution in [0.25, 0.3) is 0 Å². The molecule has 0 spiro atoms. The second-order valence-corrected chi connectivity index (χ2v) is 23.8. The Bertz CT molecular complexity index is 2320. The molecule has 0 saturated carbocycles. The Morgan fingerprint density at radius 3 is 1.50 bits per heavy atom. The Kier molecular flexibility index (Phi) is 30.2. The van der Waals surface area contributed by atoms with Crippen molar-refractivity contribution >= 4 is 65.0 Å². The van der Waals surface area contributed by atoms with Gasteiger partial charge in [-0.2, -0.15) is 0 Å². The number of benzene rings is 1. The largest absolute Gasteiger partial charge is 0.480 e. The normalized spacial score (nSPS) is 17.8. The first-order valence-corrected chi connectivity index (χ1v) is 29.4. The van der Waals surface area contributed by atoms with Gasteiger partial charge in [-0.3, -0.25) is 47.9 Å². The van der Waals surface area contributed by atoms with Gasteiger partial charge in [-0.25, -0.2) is 4.79 Å². The van der Waals surface area contributed by atoms with Crippen LogP contribution in [0, 0.1) is 41.4 Å². The average molecular weight is 1150 g/mol. The number of carboxylic acids is 1. The first-order valence-electron chi connectivity index (χ1n) is 29.4. The lowest BCUT2D eigenvalue weighted by Crippen LogP contribution is -2.61. The minimum Gasteiger partial charge on any atom is -0.480 e. The monoisotopic (exact) mass is 1150 g/mol. The molecule has 1 aromatic carbocycles. The molecule has 0 radical (unpaired) electrons. The third kappa shape index (κ3) is 22.6. The van der Waals surface area contributed by atoms with Gasteiger partial charge >= 0.3 is 5.97 Å². The van der Waals surface area contributed by atoms with Crippen LogP contribution in [0.3, 0.4) is 0 Å². The summed E-state index contributed by atoms with van der Waals surface area (Å²) in [4.78, 5) is 151. The van der Waals surface area contributed by atoms with E-state index in [0.717, 1.165) is 5.56 Å².